The number of aliphatic hydroxyl groups excluding tert-OH is 2. The Morgan fingerprint density at radius 3 is 2.32 bits per heavy atom. The lowest BCUT2D eigenvalue weighted by Crippen LogP contribution is -2.39. The summed E-state index contributed by atoms with van der Waals surface area (Å²) in [4.78, 5) is 33.5. The molecule has 0 radical (unpaired) electrons. The number of imide groups is 1. The van der Waals surface area contributed by atoms with Crippen molar-refractivity contribution in [2.24, 2.45) is 17.8 Å². The van der Waals surface area contributed by atoms with Gasteiger partial charge in [-0.05, 0) is 97.5 Å². The lowest BCUT2D eigenvalue weighted by Gasteiger charge is -2.36. The Morgan fingerprint density at radius 2 is 1.64 bits per heavy atom. The highest BCUT2D eigenvalue weighted by atomic mass is 16.3. The van der Waals surface area contributed by atoms with Gasteiger partial charge < -0.3 is 20.6 Å². The van der Waals surface area contributed by atoms with Crippen LogP contribution in [0.15, 0.2) is 114 Å². The van der Waals surface area contributed by atoms with Crippen molar-refractivity contribution in [1.29, 1.82) is 0 Å². The minimum absolute atomic E-state index is 0.146. The predicted octanol–water partition coefficient (Wildman–Crippen LogP) is 6.74. The van der Waals surface area contributed by atoms with Gasteiger partial charge in [0.25, 0.3) is 0 Å². The number of aromatic nitrogens is 1. The van der Waals surface area contributed by atoms with E-state index in [1.807, 2.05) is 85.8 Å². The number of phenols is 1. The zero-order valence-corrected chi connectivity index (χ0v) is 26.3. The molecule has 1 aliphatic heterocycles. The standard InChI is InChI=1S/C39H39N3O5/c1-2-25-23-31-37(39(47)42(38(31)46)30-18-16-29(17-19-30)41-28-11-4-3-5-12-28)32(24-43)36(25)35(45)20-15-26(33-13-8-9-21-40-33)22-27-10-6-7-14-34(27)44/h3-14,16-19,21-22,31-32,35,37,41,43-45H,2,15,20,23-24H2,1H3/b26-22-/t31-,32+,35-,37-/m1/s1. The van der Waals surface area contributed by atoms with E-state index in [1.165, 1.54) is 4.90 Å². The van der Waals surface area contributed by atoms with Crippen molar-refractivity contribution in [3.05, 3.63) is 126 Å². The van der Waals surface area contributed by atoms with Crippen molar-refractivity contribution >= 4 is 40.5 Å². The van der Waals surface area contributed by atoms with E-state index in [2.05, 4.69) is 10.3 Å². The Morgan fingerprint density at radius 1 is 0.936 bits per heavy atom. The second kappa shape index (κ2) is 14.2. The topological polar surface area (TPSA) is 123 Å². The van der Waals surface area contributed by atoms with E-state index in [1.54, 1.807) is 30.5 Å². The van der Waals surface area contributed by atoms with Crippen molar-refractivity contribution in [2.75, 3.05) is 16.8 Å². The van der Waals surface area contributed by atoms with E-state index in [0.717, 1.165) is 28.2 Å². The summed E-state index contributed by atoms with van der Waals surface area (Å²) in [7, 11) is 0. The van der Waals surface area contributed by atoms with Gasteiger partial charge >= 0.3 is 0 Å². The van der Waals surface area contributed by atoms with Crippen LogP contribution in [0.25, 0.3) is 11.6 Å². The third-order valence-electron chi connectivity index (χ3n) is 9.30. The van der Waals surface area contributed by atoms with Crippen LogP contribution in [0, 0.1) is 17.8 Å². The zero-order valence-electron chi connectivity index (χ0n) is 26.3. The van der Waals surface area contributed by atoms with Crippen molar-refractivity contribution in [3.8, 4) is 5.75 Å². The third kappa shape index (κ3) is 6.61. The SMILES string of the molecule is CCC1=C([C@H](O)CC/C(=C/c2ccccc2O)c2ccccn2)[C@H](CO)[C@@H]2C(=O)N(c3ccc(Nc4ccccc4)cc3)C(=O)[C@@H]2C1. The highest BCUT2D eigenvalue weighted by molar-refractivity contribution is 6.22. The number of allylic oxidation sites excluding steroid dienone is 2. The molecule has 8 heteroatoms. The number of anilines is 3. The molecule has 4 atom stereocenters. The van der Waals surface area contributed by atoms with Crippen LogP contribution < -0.4 is 10.2 Å². The molecule has 2 amide bonds. The first-order valence-electron chi connectivity index (χ1n) is 16.1. The fourth-order valence-corrected chi connectivity index (χ4v) is 7.01. The van der Waals surface area contributed by atoms with Gasteiger partial charge in [0.2, 0.25) is 11.8 Å². The van der Waals surface area contributed by atoms with Crippen molar-refractivity contribution in [2.45, 2.75) is 38.7 Å². The molecule has 1 saturated heterocycles. The first kappa shape index (κ1) is 31.9. The fraction of sp³-hybridized carbons (Fsp3) is 0.256. The van der Waals surface area contributed by atoms with E-state index in [-0.39, 0.29) is 24.2 Å². The summed E-state index contributed by atoms with van der Waals surface area (Å²) in [6, 6.07) is 29.6. The van der Waals surface area contributed by atoms with Gasteiger partial charge in [0.15, 0.2) is 0 Å². The molecule has 4 aromatic rings. The molecule has 1 aromatic heterocycles. The van der Waals surface area contributed by atoms with Gasteiger partial charge in [-0.1, -0.05) is 55.0 Å². The molecule has 0 saturated carbocycles. The van der Waals surface area contributed by atoms with Crippen LogP contribution in [0.3, 0.4) is 0 Å². The molecule has 6 rings (SSSR count). The fourth-order valence-electron chi connectivity index (χ4n) is 7.01. The number of aromatic hydroxyl groups is 1. The molecular formula is C39H39N3O5. The molecule has 3 aromatic carbocycles. The maximum absolute atomic E-state index is 14.0. The number of amides is 2. The number of carbonyl (C=O) groups excluding carboxylic acids is 2. The summed E-state index contributed by atoms with van der Waals surface area (Å²) in [5.74, 6) is -2.52. The predicted molar refractivity (Wildman–Crippen MR) is 184 cm³/mol. The summed E-state index contributed by atoms with van der Waals surface area (Å²) in [6.45, 7) is 1.62. The van der Waals surface area contributed by atoms with Gasteiger partial charge in [-0.15, -0.1) is 0 Å². The van der Waals surface area contributed by atoms with E-state index in [4.69, 9.17) is 0 Å². The smallest absolute Gasteiger partial charge is 0.238 e. The average Bonchev–Trinajstić information content (AvgIpc) is 3.36. The van der Waals surface area contributed by atoms with Crippen LogP contribution >= 0.6 is 0 Å². The summed E-state index contributed by atoms with van der Waals surface area (Å²) in [5, 5.41) is 36.1. The average molecular weight is 630 g/mol. The molecule has 1 aliphatic carbocycles. The van der Waals surface area contributed by atoms with Gasteiger partial charge in [0.05, 0.1) is 35.9 Å². The Labute approximate surface area is 274 Å². The van der Waals surface area contributed by atoms with Crippen molar-refractivity contribution < 1.29 is 24.9 Å². The summed E-state index contributed by atoms with van der Waals surface area (Å²) < 4.78 is 0. The molecule has 2 heterocycles. The summed E-state index contributed by atoms with van der Waals surface area (Å²) >= 11 is 0. The maximum Gasteiger partial charge on any atom is 0.238 e. The number of phenolic OH excluding ortho intramolecular Hbond substituents is 1. The van der Waals surface area contributed by atoms with E-state index >= 15 is 0 Å². The minimum atomic E-state index is -0.945. The number of para-hydroxylation sites is 2. The summed E-state index contributed by atoms with van der Waals surface area (Å²) in [6.07, 6.45) is 4.32. The van der Waals surface area contributed by atoms with Crippen LogP contribution in [-0.4, -0.2) is 44.8 Å². The Hall–Kier alpha value is -5.05. The van der Waals surface area contributed by atoms with E-state index < -0.39 is 23.9 Å². The Balaban J connectivity index is 1.23. The lowest BCUT2D eigenvalue weighted by molar-refractivity contribution is -0.123. The highest BCUT2D eigenvalue weighted by Crippen LogP contribution is 2.48. The van der Waals surface area contributed by atoms with Crippen molar-refractivity contribution in [1.82, 2.24) is 4.98 Å². The third-order valence-corrected chi connectivity index (χ3v) is 9.30. The monoisotopic (exact) mass is 629 g/mol. The molecular weight excluding hydrogens is 590 g/mol. The second-order valence-electron chi connectivity index (χ2n) is 12.1. The van der Waals surface area contributed by atoms with Crippen LogP contribution in [0.5, 0.6) is 5.75 Å². The first-order valence-corrected chi connectivity index (χ1v) is 16.1. The Bertz CT molecular complexity index is 1790. The number of hydrogen-bond acceptors (Lipinski definition) is 7. The lowest BCUT2D eigenvalue weighted by atomic mass is 9.67. The Kier molecular flexibility index (Phi) is 9.61. The number of fused-ring (bicyclic) bond motifs is 1. The largest absolute Gasteiger partial charge is 0.507 e. The maximum atomic E-state index is 14.0. The second-order valence-corrected chi connectivity index (χ2v) is 12.1. The van der Waals surface area contributed by atoms with Crippen LogP contribution in [0.1, 0.15) is 43.9 Å². The first-order chi connectivity index (χ1) is 22.9. The highest BCUT2D eigenvalue weighted by Gasteiger charge is 2.55. The van der Waals surface area contributed by atoms with E-state index in [9.17, 15) is 24.9 Å². The summed E-state index contributed by atoms with van der Waals surface area (Å²) in [5.41, 5.74) is 6.01. The number of nitrogens with zero attached hydrogens (tertiary/aromatic N) is 2. The number of aliphatic hydroxyl groups is 2. The van der Waals surface area contributed by atoms with Gasteiger partial charge in [-0.3, -0.25) is 19.5 Å². The number of rotatable bonds is 11. The van der Waals surface area contributed by atoms with E-state index in [0.29, 0.717) is 42.5 Å². The van der Waals surface area contributed by atoms with Gasteiger partial charge in [0.1, 0.15) is 5.75 Å². The van der Waals surface area contributed by atoms with Crippen LogP contribution in [-0.2, 0) is 9.59 Å². The number of carbonyl (C=O) groups is 2. The zero-order chi connectivity index (χ0) is 32.9. The molecule has 240 valence electrons. The number of nitrogens with one attached hydrogen (secondary N) is 1. The number of pyridine rings is 1. The molecule has 0 unspecified atom stereocenters. The van der Waals surface area contributed by atoms with Gasteiger partial charge in [-0.25, -0.2) is 0 Å². The molecule has 4 N–H and O–H groups in total. The normalized spacial score (nSPS) is 20.4. The van der Waals surface area contributed by atoms with Crippen molar-refractivity contribution in [3.63, 3.8) is 0 Å². The van der Waals surface area contributed by atoms with Gasteiger partial charge in [-0.2, -0.15) is 0 Å². The molecule has 0 spiro atoms. The number of hydrogen-bond donors (Lipinski definition) is 4. The van der Waals surface area contributed by atoms with Gasteiger partial charge in [0, 0.05) is 29.1 Å². The molecule has 2 aliphatic rings. The molecule has 47 heavy (non-hydrogen) atoms. The molecule has 8 nitrogen and oxygen atoms in total. The molecule has 1 fully saturated rings. The number of benzene rings is 3. The quantitative estimate of drug-likeness (QED) is 0.107. The van der Waals surface area contributed by atoms with Crippen LogP contribution in [0.2, 0.25) is 0 Å². The molecule has 0 bridgehead atoms. The minimum Gasteiger partial charge on any atom is -0.507 e. The van der Waals surface area contributed by atoms with Crippen LogP contribution in [0.4, 0.5) is 17.1 Å².